The summed E-state index contributed by atoms with van der Waals surface area (Å²) < 4.78 is 53.1. The van der Waals surface area contributed by atoms with Crippen LogP contribution in [0.3, 0.4) is 0 Å². The quantitative estimate of drug-likeness (QED) is 0.195. The normalized spacial score (nSPS) is 25.2. The van der Waals surface area contributed by atoms with Crippen molar-refractivity contribution < 1.29 is 61.4 Å². The van der Waals surface area contributed by atoms with Crippen LogP contribution in [-0.2, 0) is 43.8 Å². The molecule has 0 fully saturated rings. The standard InChI is InChI=1S/C16H21N4O15P3/c1-15(9-32-37(28,29)35-38(30,31)34-36(25,26)27)12(22)13(23)16(2,33-15)20-7-4-11(21)19(14(20)24)8-10-17-5-3-6-18-10/h3-7,22-23H,8-9H2,1-2H3,(H,28,29)(H,30,31)(H2,25,26,27). The second-order valence-corrected chi connectivity index (χ2v) is 12.4. The monoisotopic (exact) mass is 602 g/mol. The predicted octanol–water partition coefficient (Wildman–Crippen LogP) is -0.0192. The van der Waals surface area contributed by atoms with Crippen molar-refractivity contribution in [2.45, 2.75) is 31.7 Å². The Balaban J connectivity index is 1.88. The van der Waals surface area contributed by atoms with Crippen LogP contribution in [0, 0.1) is 0 Å². The van der Waals surface area contributed by atoms with Crippen LogP contribution < -0.4 is 11.2 Å². The van der Waals surface area contributed by atoms with Gasteiger partial charge in [-0.3, -0.25) is 18.5 Å². The Morgan fingerprint density at radius 2 is 1.58 bits per heavy atom. The summed E-state index contributed by atoms with van der Waals surface area (Å²) in [6, 6.07) is 2.46. The number of phosphoric acid groups is 3. The van der Waals surface area contributed by atoms with Crippen LogP contribution in [0.5, 0.6) is 0 Å². The first-order valence-electron chi connectivity index (χ1n) is 9.99. The van der Waals surface area contributed by atoms with Crippen LogP contribution in [0.25, 0.3) is 0 Å². The molecule has 0 spiro atoms. The minimum Gasteiger partial charge on any atom is -0.506 e. The molecule has 22 heteroatoms. The molecular formula is C16H21N4O15P3. The van der Waals surface area contributed by atoms with Crippen molar-refractivity contribution in [1.82, 2.24) is 19.1 Å². The molecule has 4 unspecified atom stereocenters. The molecule has 0 amide bonds. The summed E-state index contributed by atoms with van der Waals surface area (Å²) in [5, 5.41) is 21.2. The average Bonchev–Trinajstić information content (AvgIpc) is 2.94. The molecule has 0 aromatic carbocycles. The molecule has 4 atom stereocenters. The van der Waals surface area contributed by atoms with Gasteiger partial charge in [0.1, 0.15) is 5.82 Å². The highest BCUT2D eigenvalue weighted by Gasteiger charge is 2.55. The molecule has 3 heterocycles. The van der Waals surface area contributed by atoms with E-state index in [2.05, 4.69) is 23.1 Å². The van der Waals surface area contributed by atoms with E-state index in [-0.39, 0.29) is 12.4 Å². The van der Waals surface area contributed by atoms with E-state index in [1.165, 1.54) is 18.5 Å². The topological polar surface area (TPSA) is 279 Å². The Hall–Kier alpha value is -2.53. The first-order valence-corrected chi connectivity index (χ1v) is 14.5. The zero-order valence-corrected chi connectivity index (χ0v) is 22.0. The summed E-state index contributed by atoms with van der Waals surface area (Å²) >= 11 is 0. The molecule has 1 aliphatic heterocycles. The number of aliphatic hydroxyl groups is 2. The van der Waals surface area contributed by atoms with E-state index in [1.807, 2.05) is 0 Å². The van der Waals surface area contributed by atoms with Gasteiger partial charge in [-0.25, -0.2) is 28.5 Å². The number of ether oxygens (including phenoxy) is 1. The largest absolute Gasteiger partial charge is 0.506 e. The minimum atomic E-state index is -5.82. The predicted molar refractivity (Wildman–Crippen MR) is 121 cm³/mol. The molecule has 0 aliphatic carbocycles. The molecular weight excluding hydrogens is 581 g/mol. The summed E-state index contributed by atoms with van der Waals surface area (Å²) in [5.74, 6) is -1.88. The van der Waals surface area contributed by atoms with Gasteiger partial charge in [0.25, 0.3) is 5.56 Å². The molecule has 19 nitrogen and oxygen atoms in total. The first-order chi connectivity index (χ1) is 17.3. The smallest absolute Gasteiger partial charge is 0.490 e. The number of rotatable bonds is 10. The number of phosphoric ester groups is 1. The highest BCUT2D eigenvalue weighted by molar-refractivity contribution is 7.66. The fourth-order valence-corrected chi connectivity index (χ4v) is 6.42. The number of hydrogen-bond acceptors (Lipinski definition) is 13. The summed E-state index contributed by atoms with van der Waals surface area (Å²) in [4.78, 5) is 69.5. The number of aliphatic hydroxyl groups excluding tert-OH is 2. The van der Waals surface area contributed by atoms with Gasteiger partial charge in [-0.05, 0) is 19.9 Å². The number of nitrogens with zero attached hydrogens (tertiary/aromatic N) is 4. The summed E-state index contributed by atoms with van der Waals surface area (Å²) in [6.07, 6.45) is 3.71. The van der Waals surface area contributed by atoms with Crippen LogP contribution in [-0.4, -0.2) is 61.1 Å². The van der Waals surface area contributed by atoms with Gasteiger partial charge < -0.3 is 34.5 Å². The van der Waals surface area contributed by atoms with Crippen molar-refractivity contribution in [3.05, 3.63) is 68.9 Å². The summed E-state index contributed by atoms with van der Waals surface area (Å²) in [7, 11) is -17.1. The second-order valence-electron chi connectivity index (χ2n) is 7.94. The van der Waals surface area contributed by atoms with Gasteiger partial charge in [0.05, 0.1) is 13.2 Å². The summed E-state index contributed by atoms with van der Waals surface area (Å²) in [5.41, 5.74) is -6.23. The van der Waals surface area contributed by atoms with Gasteiger partial charge in [0.2, 0.25) is 5.72 Å². The van der Waals surface area contributed by atoms with E-state index in [1.54, 1.807) is 0 Å². The lowest BCUT2D eigenvalue weighted by molar-refractivity contribution is -0.156. The van der Waals surface area contributed by atoms with Gasteiger partial charge in [-0.1, -0.05) is 0 Å². The van der Waals surface area contributed by atoms with Crippen molar-refractivity contribution in [3.8, 4) is 0 Å². The summed E-state index contributed by atoms with van der Waals surface area (Å²) in [6.45, 7) is 0.570. The van der Waals surface area contributed by atoms with E-state index >= 15 is 0 Å². The maximum atomic E-state index is 13.1. The second kappa shape index (κ2) is 10.2. The highest BCUT2D eigenvalue weighted by atomic mass is 31.3. The average molecular weight is 602 g/mol. The number of hydrogen-bond donors (Lipinski definition) is 6. The lowest BCUT2D eigenvalue weighted by Gasteiger charge is -2.32. The third kappa shape index (κ3) is 6.54. The molecule has 0 saturated carbocycles. The van der Waals surface area contributed by atoms with E-state index in [4.69, 9.17) is 14.5 Å². The molecule has 38 heavy (non-hydrogen) atoms. The van der Waals surface area contributed by atoms with Gasteiger partial charge in [0.15, 0.2) is 17.1 Å². The van der Waals surface area contributed by atoms with Crippen molar-refractivity contribution >= 4 is 23.5 Å². The van der Waals surface area contributed by atoms with E-state index in [0.29, 0.717) is 4.57 Å². The minimum absolute atomic E-state index is 0.102. The Kier molecular flexibility index (Phi) is 8.07. The highest BCUT2D eigenvalue weighted by Crippen LogP contribution is 2.66. The van der Waals surface area contributed by atoms with Crippen LogP contribution >= 0.6 is 23.5 Å². The third-order valence-corrected chi connectivity index (χ3v) is 8.74. The van der Waals surface area contributed by atoms with Crippen LogP contribution in [0.4, 0.5) is 0 Å². The Labute approximate surface area is 211 Å². The fourth-order valence-electron chi connectivity index (χ4n) is 3.31. The molecule has 2 aromatic rings. The molecule has 1 aliphatic rings. The third-order valence-electron chi connectivity index (χ3n) is 4.96. The zero-order chi connectivity index (χ0) is 28.7. The molecule has 2 aromatic heterocycles. The molecule has 0 radical (unpaired) electrons. The van der Waals surface area contributed by atoms with Gasteiger partial charge in [-0.2, -0.15) is 8.62 Å². The van der Waals surface area contributed by atoms with Crippen LogP contribution in [0.15, 0.2) is 51.8 Å². The molecule has 6 N–H and O–H groups in total. The Morgan fingerprint density at radius 1 is 0.974 bits per heavy atom. The lowest BCUT2D eigenvalue weighted by Crippen LogP contribution is -2.49. The van der Waals surface area contributed by atoms with Crippen molar-refractivity contribution in [2.75, 3.05) is 6.61 Å². The molecule has 0 saturated heterocycles. The van der Waals surface area contributed by atoms with E-state index < -0.39 is 64.2 Å². The lowest BCUT2D eigenvalue weighted by atomic mass is 10.1. The van der Waals surface area contributed by atoms with E-state index in [9.17, 15) is 43.3 Å². The Morgan fingerprint density at radius 3 is 2.16 bits per heavy atom. The Bertz CT molecular complexity index is 1520. The van der Waals surface area contributed by atoms with Gasteiger partial charge in [-0.15, -0.1) is 0 Å². The molecule has 3 rings (SSSR count). The zero-order valence-electron chi connectivity index (χ0n) is 19.3. The van der Waals surface area contributed by atoms with Crippen molar-refractivity contribution in [2.24, 2.45) is 0 Å². The maximum absolute atomic E-state index is 13.1. The fraction of sp³-hybridized carbons (Fsp3) is 0.375. The van der Waals surface area contributed by atoms with Crippen LogP contribution in [0.2, 0.25) is 0 Å². The number of aromatic nitrogens is 4. The van der Waals surface area contributed by atoms with E-state index in [0.717, 1.165) is 30.7 Å². The SMILES string of the molecule is CC1(COP(=O)(O)OP(=O)(O)OP(=O)(O)O)OC(C)(n2ccc(=O)n(Cc3ncccn3)c2=O)C(O)=C1O. The van der Waals surface area contributed by atoms with Crippen LogP contribution in [0.1, 0.15) is 19.7 Å². The van der Waals surface area contributed by atoms with Gasteiger partial charge >= 0.3 is 29.2 Å². The van der Waals surface area contributed by atoms with Crippen molar-refractivity contribution in [1.29, 1.82) is 0 Å². The van der Waals surface area contributed by atoms with Gasteiger partial charge in [0, 0.05) is 24.7 Å². The van der Waals surface area contributed by atoms with Crippen molar-refractivity contribution in [3.63, 3.8) is 0 Å². The molecule has 210 valence electrons. The maximum Gasteiger partial charge on any atom is 0.490 e. The molecule has 0 bridgehead atoms. The first kappa shape index (κ1) is 30.0.